The van der Waals surface area contributed by atoms with Gasteiger partial charge in [-0.2, -0.15) is 0 Å². The zero-order valence-corrected chi connectivity index (χ0v) is 24.0. The van der Waals surface area contributed by atoms with E-state index in [0.29, 0.717) is 12.0 Å². The Morgan fingerprint density at radius 1 is 0.780 bits per heavy atom. The van der Waals surface area contributed by atoms with Gasteiger partial charge in [0.2, 0.25) is 12.4 Å². The average molecular weight is 569 g/mol. The summed E-state index contributed by atoms with van der Waals surface area (Å²) in [5.74, 6) is -1.87. The Hall–Kier alpha value is -3.92. The van der Waals surface area contributed by atoms with Crippen molar-refractivity contribution in [2.45, 2.75) is 91.0 Å². The topological polar surface area (TPSA) is 124 Å². The molecule has 0 N–H and O–H groups in total. The number of carbonyl (C=O) groups excluding carboxylic acids is 4. The van der Waals surface area contributed by atoms with E-state index < -0.39 is 54.6 Å². The van der Waals surface area contributed by atoms with Crippen LogP contribution in [-0.4, -0.2) is 55.1 Å². The first kappa shape index (κ1) is 30.0. The predicted molar refractivity (Wildman–Crippen MR) is 145 cm³/mol. The first-order chi connectivity index (χ1) is 19.5. The highest BCUT2D eigenvalue weighted by Gasteiger charge is 2.53. The van der Waals surface area contributed by atoms with Crippen LogP contribution in [0.2, 0.25) is 0 Å². The third-order valence-electron chi connectivity index (χ3n) is 6.99. The summed E-state index contributed by atoms with van der Waals surface area (Å²) < 4.78 is 33.8. The SMILES string of the molecule is CCc1ccc([C@@H]2OC(OC(C)=O)[C@@H](OC(C)=O)[C@H](OC(C)=O)[C@H]2OC(C)=O)cc1Cc1ccc2c(c1)CCCO2. The zero-order chi connectivity index (χ0) is 29.7. The van der Waals surface area contributed by atoms with Crippen molar-refractivity contribution >= 4 is 23.9 Å². The van der Waals surface area contributed by atoms with Crippen molar-refractivity contribution in [2.24, 2.45) is 0 Å². The molecule has 10 nitrogen and oxygen atoms in total. The highest BCUT2D eigenvalue weighted by atomic mass is 16.7. The lowest BCUT2D eigenvalue weighted by atomic mass is 9.89. The van der Waals surface area contributed by atoms with Gasteiger partial charge in [0, 0.05) is 27.7 Å². The van der Waals surface area contributed by atoms with E-state index >= 15 is 0 Å². The van der Waals surface area contributed by atoms with Crippen LogP contribution in [0.1, 0.15) is 75.0 Å². The number of fused-ring (bicyclic) bond motifs is 1. The molecule has 2 aromatic rings. The molecule has 0 spiro atoms. The molecule has 0 radical (unpaired) electrons. The van der Waals surface area contributed by atoms with Crippen LogP contribution in [0, 0.1) is 0 Å². The summed E-state index contributed by atoms with van der Waals surface area (Å²) in [6, 6.07) is 12.0. The fraction of sp³-hybridized carbons (Fsp3) is 0.484. The van der Waals surface area contributed by atoms with Crippen molar-refractivity contribution in [1.29, 1.82) is 0 Å². The van der Waals surface area contributed by atoms with E-state index in [4.69, 9.17) is 28.4 Å². The third-order valence-corrected chi connectivity index (χ3v) is 6.99. The van der Waals surface area contributed by atoms with E-state index in [-0.39, 0.29) is 0 Å². The lowest BCUT2D eigenvalue weighted by Gasteiger charge is -2.44. The van der Waals surface area contributed by atoms with Crippen LogP contribution in [0.25, 0.3) is 0 Å². The van der Waals surface area contributed by atoms with Gasteiger partial charge in [-0.25, -0.2) is 0 Å². The molecule has 41 heavy (non-hydrogen) atoms. The molecule has 2 aliphatic rings. The number of benzene rings is 2. The van der Waals surface area contributed by atoms with E-state index in [0.717, 1.165) is 55.2 Å². The maximum absolute atomic E-state index is 12.2. The van der Waals surface area contributed by atoms with Crippen LogP contribution in [0.5, 0.6) is 5.75 Å². The smallest absolute Gasteiger partial charge is 0.305 e. The molecular weight excluding hydrogens is 532 g/mol. The average Bonchev–Trinajstić information content (AvgIpc) is 2.90. The molecule has 2 aliphatic heterocycles. The molecule has 0 bridgehead atoms. The normalized spacial score (nSPS) is 23.4. The molecular formula is C31H36O10. The van der Waals surface area contributed by atoms with Gasteiger partial charge in [0.25, 0.3) is 0 Å². The van der Waals surface area contributed by atoms with E-state index in [2.05, 4.69) is 13.0 Å². The Morgan fingerprint density at radius 3 is 2.10 bits per heavy atom. The third kappa shape index (κ3) is 7.43. The van der Waals surface area contributed by atoms with Crippen LogP contribution in [0.4, 0.5) is 0 Å². The van der Waals surface area contributed by atoms with E-state index in [1.807, 2.05) is 30.3 Å². The monoisotopic (exact) mass is 568 g/mol. The van der Waals surface area contributed by atoms with Crippen molar-refractivity contribution < 1.29 is 47.6 Å². The van der Waals surface area contributed by atoms with Gasteiger partial charge in [0.05, 0.1) is 6.61 Å². The van der Waals surface area contributed by atoms with Crippen LogP contribution < -0.4 is 4.74 Å². The maximum atomic E-state index is 12.2. The molecule has 1 fully saturated rings. The summed E-state index contributed by atoms with van der Waals surface area (Å²) in [6.07, 6.45) is -2.96. The molecule has 2 heterocycles. The van der Waals surface area contributed by atoms with Gasteiger partial charge in [0.15, 0.2) is 12.2 Å². The molecule has 2 aromatic carbocycles. The Labute approximate surface area is 239 Å². The molecule has 1 saturated heterocycles. The minimum atomic E-state index is -1.42. The molecule has 220 valence electrons. The van der Waals surface area contributed by atoms with Gasteiger partial charge in [-0.3, -0.25) is 19.2 Å². The second-order valence-electron chi connectivity index (χ2n) is 10.2. The first-order valence-corrected chi connectivity index (χ1v) is 13.8. The highest BCUT2D eigenvalue weighted by molar-refractivity contribution is 5.69. The van der Waals surface area contributed by atoms with Crippen LogP contribution >= 0.6 is 0 Å². The molecule has 0 aliphatic carbocycles. The lowest BCUT2D eigenvalue weighted by Crippen LogP contribution is -2.59. The van der Waals surface area contributed by atoms with Gasteiger partial charge in [0.1, 0.15) is 11.9 Å². The summed E-state index contributed by atoms with van der Waals surface area (Å²) in [5, 5.41) is 0. The molecule has 0 aromatic heterocycles. The van der Waals surface area contributed by atoms with Gasteiger partial charge >= 0.3 is 23.9 Å². The van der Waals surface area contributed by atoms with Crippen molar-refractivity contribution in [3.63, 3.8) is 0 Å². The van der Waals surface area contributed by atoms with E-state index in [1.54, 1.807) is 0 Å². The highest BCUT2D eigenvalue weighted by Crippen LogP contribution is 2.39. The Bertz CT molecular complexity index is 1300. The Morgan fingerprint density at radius 2 is 1.44 bits per heavy atom. The summed E-state index contributed by atoms with van der Waals surface area (Å²) in [7, 11) is 0. The van der Waals surface area contributed by atoms with E-state index in [9.17, 15) is 19.2 Å². The molecule has 4 rings (SSSR count). The number of ether oxygens (including phenoxy) is 6. The standard InChI is InChI=1S/C31H36O10/c1-6-22-10-11-24(16-25(22)15-21-9-12-26-23(14-21)8-7-13-36-26)27-28(37-17(2)32)29(38-18(3)33)30(39-19(4)34)31(41-27)40-20(5)35/h9-12,14,16,27-31H,6-8,13,15H2,1-5H3/t27-,28-,29+,30-,31?/m0/s1. The Kier molecular flexibility index (Phi) is 9.65. The van der Waals surface area contributed by atoms with Gasteiger partial charge in [-0.05, 0) is 59.6 Å². The molecule has 0 saturated carbocycles. The summed E-state index contributed by atoms with van der Waals surface area (Å²) in [4.78, 5) is 48.3. The summed E-state index contributed by atoms with van der Waals surface area (Å²) in [6.45, 7) is 7.52. The van der Waals surface area contributed by atoms with Crippen LogP contribution in [-0.2, 0) is 62.1 Å². The number of aryl methyl sites for hydroxylation is 2. The van der Waals surface area contributed by atoms with Crippen molar-refractivity contribution in [1.82, 2.24) is 0 Å². The number of esters is 4. The van der Waals surface area contributed by atoms with Crippen LogP contribution in [0.15, 0.2) is 36.4 Å². The van der Waals surface area contributed by atoms with Crippen molar-refractivity contribution in [2.75, 3.05) is 6.61 Å². The Balaban J connectivity index is 1.75. The maximum Gasteiger partial charge on any atom is 0.305 e. The molecule has 5 atom stereocenters. The van der Waals surface area contributed by atoms with E-state index in [1.165, 1.54) is 26.3 Å². The molecule has 0 amide bonds. The number of rotatable bonds is 8. The molecule has 1 unspecified atom stereocenters. The van der Waals surface area contributed by atoms with Crippen molar-refractivity contribution in [3.8, 4) is 5.75 Å². The minimum absolute atomic E-state index is 0.611. The number of hydrogen-bond acceptors (Lipinski definition) is 10. The lowest BCUT2D eigenvalue weighted by molar-refractivity contribution is -0.298. The zero-order valence-electron chi connectivity index (χ0n) is 24.0. The summed E-state index contributed by atoms with van der Waals surface area (Å²) in [5.41, 5.74) is 5.06. The van der Waals surface area contributed by atoms with Crippen molar-refractivity contribution in [3.05, 3.63) is 64.2 Å². The molecule has 10 heteroatoms. The minimum Gasteiger partial charge on any atom is -0.493 e. The fourth-order valence-electron chi connectivity index (χ4n) is 5.38. The first-order valence-electron chi connectivity index (χ1n) is 13.8. The number of hydrogen-bond donors (Lipinski definition) is 0. The van der Waals surface area contributed by atoms with Crippen LogP contribution in [0.3, 0.4) is 0 Å². The largest absolute Gasteiger partial charge is 0.493 e. The second kappa shape index (κ2) is 13.2. The number of carbonyl (C=O) groups is 4. The van der Waals surface area contributed by atoms with Gasteiger partial charge < -0.3 is 28.4 Å². The van der Waals surface area contributed by atoms with Gasteiger partial charge in [-0.1, -0.05) is 37.3 Å². The quantitative estimate of drug-likeness (QED) is 0.342. The fourth-order valence-corrected chi connectivity index (χ4v) is 5.38. The van der Waals surface area contributed by atoms with Gasteiger partial charge in [-0.15, -0.1) is 0 Å². The second-order valence-corrected chi connectivity index (χ2v) is 10.2. The predicted octanol–water partition coefficient (Wildman–Crippen LogP) is 3.92. The summed E-state index contributed by atoms with van der Waals surface area (Å²) >= 11 is 0.